The van der Waals surface area contributed by atoms with Gasteiger partial charge in [0.05, 0.1) is 6.61 Å². The molecule has 2 aromatic carbocycles. The van der Waals surface area contributed by atoms with E-state index in [4.69, 9.17) is 45.3 Å². The molecular formula is C16H14Cl3NO. The molecule has 2 N–H and O–H groups in total. The van der Waals surface area contributed by atoms with Crippen LogP contribution in [0.15, 0.2) is 30.3 Å². The van der Waals surface area contributed by atoms with Crippen LogP contribution in [0, 0.1) is 0 Å². The smallest absolute Gasteiger partial charge is 0.125 e. The highest BCUT2D eigenvalue weighted by atomic mass is 35.5. The fraction of sp³-hybridized carbons (Fsp3) is 0.250. The number of hydrogen-bond donors (Lipinski definition) is 1. The summed E-state index contributed by atoms with van der Waals surface area (Å²) in [6, 6.07) is 8.93. The second kappa shape index (κ2) is 6.05. The summed E-state index contributed by atoms with van der Waals surface area (Å²) < 4.78 is 5.70. The molecule has 0 spiro atoms. The second-order valence-corrected chi connectivity index (χ2v) is 6.35. The molecular weight excluding hydrogens is 329 g/mol. The molecule has 1 heterocycles. The van der Waals surface area contributed by atoms with Crippen molar-refractivity contribution in [3.05, 3.63) is 62.1 Å². The van der Waals surface area contributed by atoms with Gasteiger partial charge in [-0.25, -0.2) is 0 Å². The van der Waals surface area contributed by atoms with Crippen molar-refractivity contribution in [2.45, 2.75) is 18.9 Å². The minimum Gasteiger partial charge on any atom is -0.493 e. The third kappa shape index (κ3) is 3.00. The van der Waals surface area contributed by atoms with Crippen molar-refractivity contribution in [3.8, 4) is 5.75 Å². The highest BCUT2D eigenvalue weighted by Crippen LogP contribution is 2.37. The first-order valence-electron chi connectivity index (χ1n) is 6.70. The molecule has 0 fully saturated rings. The third-order valence-corrected chi connectivity index (χ3v) is 4.51. The molecule has 5 heteroatoms. The van der Waals surface area contributed by atoms with Crippen molar-refractivity contribution in [2.75, 3.05) is 6.61 Å². The molecule has 110 valence electrons. The Morgan fingerprint density at radius 3 is 2.57 bits per heavy atom. The monoisotopic (exact) mass is 341 g/mol. The number of hydrogen-bond acceptors (Lipinski definition) is 2. The maximum Gasteiger partial charge on any atom is 0.125 e. The molecule has 0 saturated carbocycles. The van der Waals surface area contributed by atoms with Crippen LogP contribution in [0.5, 0.6) is 5.75 Å². The van der Waals surface area contributed by atoms with E-state index < -0.39 is 0 Å². The fourth-order valence-electron chi connectivity index (χ4n) is 2.70. The number of fused-ring (bicyclic) bond motifs is 1. The third-order valence-electron chi connectivity index (χ3n) is 3.64. The SMILES string of the molecule is NC(Cc1cc(Cl)cc2c1OCC2)c1c(Cl)cccc1Cl. The molecule has 3 rings (SSSR count). The summed E-state index contributed by atoms with van der Waals surface area (Å²) >= 11 is 18.6. The average Bonchev–Trinajstić information content (AvgIpc) is 2.86. The van der Waals surface area contributed by atoms with Crippen molar-refractivity contribution in [3.63, 3.8) is 0 Å². The molecule has 1 aliphatic heterocycles. The van der Waals surface area contributed by atoms with Crippen LogP contribution in [0.2, 0.25) is 15.1 Å². The molecule has 0 aliphatic carbocycles. The summed E-state index contributed by atoms with van der Waals surface area (Å²) in [5.41, 5.74) is 9.20. The molecule has 0 aromatic heterocycles. The van der Waals surface area contributed by atoms with E-state index in [9.17, 15) is 0 Å². The quantitative estimate of drug-likeness (QED) is 0.867. The Hall–Kier alpha value is -0.930. The Balaban J connectivity index is 1.94. The zero-order valence-electron chi connectivity index (χ0n) is 11.2. The van der Waals surface area contributed by atoms with Crippen LogP contribution < -0.4 is 10.5 Å². The lowest BCUT2D eigenvalue weighted by Gasteiger charge is -2.17. The van der Waals surface area contributed by atoms with Gasteiger partial charge in [-0.05, 0) is 41.8 Å². The molecule has 0 bridgehead atoms. The molecule has 2 nitrogen and oxygen atoms in total. The largest absolute Gasteiger partial charge is 0.493 e. The Kier molecular flexibility index (Phi) is 4.32. The molecule has 1 unspecified atom stereocenters. The highest BCUT2D eigenvalue weighted by Gasteiger charge is 2.21. The van der Waals surface area contributed by atoms with Crippen LogP contribution in [0.3, 0.4) is 0 Å². The molecule has 1 aliphatic rings. The Bertz CT molecular complexity index is 667. The number of halogens is 3. The van der Waals surface area contributed by atoms with Gasteiger partial charge in [-0.2, -0.15) is 0 Å². The van der Waals surface area contributed by atoms with E-state index in [1.165, 1.54) is 0 Å². The van der Waals surface area contributed by atoms with Gasteiger partial charge in [0, 0.05) is 33.1 Å². The van der Waals surface area contributed by atoms with Crippen LogP contribution in [0.25, 0.3) is 0 Å². The first-order valence-corrected chi connectivity index (χ1v) is 7.83. The van der Waals surface area contributed by atoms with Gasteiger partial charge in [-0.3, -0.25) is 0 Å². The van der Waals surface area contributed by atoms with E-state index in [0.29, 0.717) is 28.1 Å². The van der Waals surface area contributed by atoms with Gasteiger partial charge >= 0.3 is 0 Å². The zero-order valence-corrected chi connectivity index (χ0v) is 13.5. The summed E-state index contributed by atoms with van der Waals surface area (Å²) in [5, 5.41) is 1.86. The van der Waals surface area contributed by atoms with Crippen molar-refractivity contribution in [1.82, 2.24) is 0 Å². The van der Waals surface area contributed by atoms with Crippen LogP contribution >= 0.6 is 34.8 Å². The minimum absolute atomic E-state index is 0.307. The topological polar surface area (TPSA) is 35.2 Å². The average molecular weight is 343 g/mol. The maximum absolute atomic E-state index is 6.31. The van der Waals surface area contributed by atoms with Crippen molar-refractivity contribution in [1.29, 1.82) is 0 Å². The van der Waals surface area contributed by atoms with Crippen molar-refractivity contribution < 1.29 is 4.74 Å². The number of ether oxygens (including phenoxy) is 1. The van der Waals surface area contributed by atoms with E-state index in [0.717, 1.165) is 28.9 Å². The number of benzene rings is 2. The molecule has 0 radical (unpaired) electrons. The fourth-order valence-corrected chi connectivity index (χ4v) is 3.64. The second-order valence-electron chi connectivity index (χ2n) is 5.10. The van der Waals surface area contributed by atoms with Crippen LogP contribution in [0.1, 0.15) is 22.7 Å². The van der Waals surface area contributed by atoms with E-state index in [1.54, 1.807) is 18.2 Å². The van der Waals surface area contributed by atoms with Gasteiger partial charge in [-0.15, -0.1) is 0 Å². The summed E-state index contributed by atoms with van der Waals surface area (Å²) in [6.07, 6.45) is 1.46. The minimum atomic E-state index is -0.307. The number of nitrogens with two attached hydrogens (primary N) is 1. The predicted octanol–water partition coefficient (Wildman–Crippen LogP) is 4.82. The van der Waals surface area contributed by atoms with Gasteiger partial charge in [-0.1, -0.05) is 40.9 Å². The lowest BCUT2D eigenvalue weighted by atomic mass is 9.97. The molecule has 0 saturated heterocycles. The highest BCUT2D eigenvalue weighted by molar-refractivity contribution is 6.36. The summed E-state index contributed by atoms with van der Waals surface area (Å²) in [6.45, 7) is 0.685. The normalized spacial score (nSPS) is 14.7. The van der Waals surface area contributed by atoms with E-state index in [1.807, 2.05) is 12.1 Å². The number of rotatable bonds is 3. The van der Waals surface area contributed by atoms with Gasteiger partial charge in [0.2, 0.25) is 0 Å². The van der Waals surface area contributed by atoms with Crippen LogP contribution in [0.4, 0.5) is 0 Å². The van der Waals surface area contributed by atoms with E-state index in [2.05, 4.69) is 0 Å². The Labute approximate surface area is 138 Å². The van der Waals surface area contributed by atoms with Gasteiger partial charge in [0.25, 0.3) is 0 Å². The van der Waals surface area contributed by atoms with Crippen molar-refractivity contribution in [2.24, 2.45) is 5.73 Å². The Morgan fingerprint density at radius 2 is 1.86 bits per heavy atom. The Morgan fingerprint density at radius 1 is 1.14 bits per heavy atom. The molecule has 21 heavy (non-hydrogen) atoms. The summed E-state index contributed by atoms with van der Waals surface area (Å²) in [7, 11) is 0. The molecule has 1 atom stereocenters. The lowest BCUT2D eigenvalue weighted by molar-refractivity contribution is 0.352. The summed E-state index contributed by atoms with van der Waals surface area (Å²) in [4.78, 5) is 0. The first kappa shape index (κ1) is 15.0. The van der Waals surface area contributed by atoms with Crippen molar-refractivity contribution >= 4 is 34.8 Å². The van der Waals surface area contributed by atoms with Crippen LogP contribution in [-0.2, 0) is 12.8 Å². The summed E-state index contributed by atoms with van der Waals surface area (Å²) in [5.74, 6) is 0.901. The van der Waals surface area contributed by atoms with Crippen LogP contribution in [-0.4, -0.2) is 6.61 Å². The van der Waals surface area contributed by atoms with E-state index >= 15 is 0 Å². The zero-order chi connectivity index (χ0) is 15.0. The maximum atomic E-state index is 6.31. The van der Waals surface area contributed by atoms with Gasteiger partial charge < -0.3 is 10.5 Å². The predicted molar refractivity (Wildman–Crippen MR) is 87.7 cm³/mol. The first-order chi connectivity index (χ1) is 10.1. The van der Waals surface area contributed by atoms with Gasteiger partial charge in [0.1, 0.15) is 5.75 Å². The van der Waals surface area contributed by atoms with Gasteiger partial charge in [0.15, 0.2) is 0 Å². The van der Waals surface area contributed by atoms with E-state index in [-0.39, 0.29) is 6.04 Å². The molecule has 2 aromatic rings. The lowest BCUT2D eigenvalue weighted by Crippen LogP contribution is -2.15. The standard InChI is InChI=1S/C16H14Cl3NO/c17-11-6-9-4-5-21-16(9)10(7-11)8-14(20)15-12(18)2-1-3-13(15)19/h1-3,6-7,14H,4-5,8,20H2. The molecule has 0 amide bonds.